The van der Waals surface area contributed by atoms with Crippen LogP contribution in [0.2, 0.25) is 0 Å². The summed E-state index contributed by atoms with van der Waals surface area (Å²) in [7, 11) is 0. The molecule has 3 nitrogen and oxygen atoms in total. The molecule has 18 heavy (non-hydrogen) atoms. The average Bonchev–Trinajstić information content (AvgIpc) is 3.26. The van der Waals surface area contributed by atoms with Crippen molar-refractivity contribution in [2.24, 2.45) is 5.73 Å². The van der Waals surface area contributed by atoms with Gasteiger partial charge < -0.3 is 15.4 Å². The van der Waals surface area contributed by atoms with E-state index in [0.29, 0.717) is 12.6 Å². The summed E-state index contributed by atoms with van der Waals surface area (Å²) < 4.78 is 5.48. The van der Waals surface area contributed by atoms with Gasteiger partial charge in [0.05, 0.1) is 0 Å². The molecule has 1 aromatic carbocycles. The molecule has 1 aliphatic heterocycles. The quantitative estimate of drug-likeness (QED) is 0.886. The molecule has 1 aromatic rings. The summed E-state index contributed by atoms with van der Waals surface area (Å²) >= 11 is 0. The van der Waals surface area contributed by atoms with E-state index >= 15 is 0 Å². The SMILES string of the molecule is NCc1ccc(N(C2CCOCC2)C2CC2)cc1. The van der Waals surface area contributed by atoms with Gasteiger partial charge in [-0.05, 0) is 43.4 Å². The largest absolute Gasteiger partial charge is 0.381 e. The molecule has 1 aliphatic carbocycles. The minimum atomic E-state index is 0.626. The first-order valence-electron chi connectivity index (χ1n) is 7.03. The maximum Gasteiger partial charge on any atom is 0.0485 e. The zero-order valence-electron chi connectivity index (χ0n) is 10.8. The number of nitrogens with zero attached hydrogens (tertiary/aromatic N) is 1. The second-order valence-electron chi connectivity index (χ2n) is 5.35. The van der Waals surface area contributed by atoms with Crippen LogP contribution in [0.4, 0.5) is 5.69 Å². The fraction of sp³-hybridized carbons (Fsp3) is 0.600. The smallest absolute Gasteiger partial charge is 0.0485 e. The van der Waals surface area contributed by atoms with Crippen LogP contribution < -0.4 is 10.6 Å². The van der Waals surface area contributed by atoms with Crippen LogP contribution in [0.3, 0.4) is 0 Å². The number of ether oxygens (including phenoxy) is 1. The van der Waals surface area contributed by atoms with Gasteiger partial charge in [0.1, 0.15) is 0 Å². The molecule has 98 valence electrons. The molecule has 0 bridgehead atoms. The maximum absolute atomic E-state index is 5.66. The van der Waals surface area contributed by atoms with E-state index in [4.69, 9.17) is 10.5 Å². The first-order valence-corrected chi connectivity index (χ1v) is 7.03. The normalized spacial score (nSPS) is 20.9. The van der Waals surface area contributed by atoms with Crippen LogP contribution in [-0.4, -0.2) is 25.3 Å². The molecular weight excluding hydrogens is 224 g/mol. The number of hydrogen-bond donors (Lipinski definition) is 1. The van der Waals surface area contributed by atoms with E-state index in [2.05, 4.69) is 29.2 Å². The lowest BCUT2D eigenvalue weighted by molar-refractivity contribution is 0.0841. The molecule has 0 atom stereocenters. The Morgan fingerprint density at radius 1 is 1.00 bits per heavy atom. The summed E-state index contributed by atoms with van der Waals surface area (Å²) in [6.45, 7) is 2.45. The highest BCUT2D eigenvalue weighted by molar-refractivity contribution is 5.51. The molecule has 0 aromatic heterocycles. The van der Waals surface area contributed by atoms with Crippen LogP contribution in [0.1, 0.15) is 31.2 Å². The highest BCUT2D eigenvalue weighted by Crippen LogP contribution is 2.35. The molecule has 1 heterocycles. The number of anilines is 1. The second kappa shape index (κ2) is 5.29. The first-order chi connectivity index (χ1) is 8.88. The molecule has 0 spiro atoms. The van der Waals surface area contributed by atoms with Gasteiger partial charge in [-0.2, -0.15) is 0 Å². The first kappa shape index (κ1) is 12.0. The van der Waals surface area contributed by atoms with Crippen LogP contribution in [0.15, 0.2) is 24.3 Å². The third-order valence-corrected chi connectivity index (χ3v) is 3.99. The minimum Gasteiger partial charge on any atom is -0.381 e. The molecule has 2 fully saturated rings. The molecule has 1 saturated heterocycles. The van der Waals surface area contributed by atoms with Gasteiger partial charge in [-0.25, -0.2) is 0 Å². The van der Waals surface area contributed by atoms with Crippen molar-refractivity contribution in [2.75, 3.05) is 18.1 Å². The fourth-order valence-electron chi connectivity index (χ4n) is 2.84. The van der Waals surface area contributed by atoms with Crippen molar-refractivity contribution >= 4 is 5.69 Å². The lowest BCUT2D eigenvalue weighted by Gasteiger charge is -2.36. The van der Waals surface area contributed by atoms with Crippen molar-refractivity contribution in [3.05, 3.63) is 29.8 Å². The summed E-state index contributed by atoms with van der Waals surface area (Å²) in [6, 6.07) is 10.2. The zero-order valence-corrected chi connectivity index (χ0v) is 10.8. The van der Waals surface area contributed by atoms with Crippen LogP contribution in [-0.2, 0) is 11.3 Å². The molecule has 2 N–H and O–H groups in total. The monoisotopic (exact) mass is 246 g/mol. The summed E-state index contributed by atoms with van der Waals surface area (Å²) in [5, 5.41) is 0. The Kier molecular flexibility index (Phi) is 3.52. The highest BCUT2D eigenvalue weighted by atomic mass is 16.5. The molecular formula is C15H22N2O. The molecule has 3 heteroatoms. The van der Waals surface area contributed by atoms with E-state index in [1.165, 1.54) is 24.1 Å². The van der Waals surface area contributed by atoms with Crippen LogP contribution in [0, 0.1) is 0 Å². The Balaban J connectivity index is 1.79. The van der Waals surface area contributed by atoms with Gasteiger partial charge in [-0.15, -0.1) is 0 Å². The van der Waals surface area contributed by atoms with Crippen molar-refractivity contribution in [1.82, 2.24) is 0 Å². The van der Waals surface area contributed by atoms with Crippen molar-refractivity contribution in [1.29, 1.82) is 0 Å². The zero-order chi connectivity index (χ0) is 12.4. The Hall–Kier alpha value is -1.06. The van der Waals surface area contributed by atoms with E-state index in [1.807, 2.05) is 0 Å². The van der Waals surface area contributed by atoms with Gasteiger partial charge >= 0.3 is 0 Å². The molecule has 0 radical (unpaired) electrons. The number of nitrogens with two attached hydrogens (primary N) is 1. The lowest BCUT2D eigenvalue weighted by Crippen LogP contribution is -2.41. The number of rotatable bonds is 4. The summed E-state index contributed by atoms with van der Waals surface area (Å²) in [4.78, 5) is 2.63. The predicted molar refractivity (Wildman–Crippen MR) is 73.7 cm³/mol. The van der Waals surface area contributed by atoms with Gasteiger partial charge in [0.15, 0.2) is 0 Å². The Bertz CT molecular complexity index is 380. The lowest BCUT2D eigenvalue weighted by atomic mass is 10.1. The molecule has 1 saturated carbocycles. The standard InChI is InChI=1S/C15H22N2O/c16-11-12-1-3-13(4-2-12)17(14-5-6-14)15-7-9-18-10-8-15/h1-4,14-15H,5-11,16H2. The van der Waals surface area contributed by atoms with Crippen LogP contribution in [0.25, 0.3) is 0 Å². The van der Waals surface area contributed by atoms with Crippen molar-refractivity contribution < 1.29 is 4.74 Å². The van der Waals surface area contributed by atoms with Crippen LogP contribution in [0.5, 0.6) is 0 Å². The average molecular weight is 246 g/mol. The predicted octanol–water partition coefficient (Wildman–Crippen LogP) is 2.29. The molecule has 0 amide bonds. The van der Waals surface area contributed by atoms with E-state index in [1.54, 1.807) is 0 Å². The second-order valence-corrected chi connectivity index (χ2v) is 5.35. The van der Waals surface area contributed by atoms with Gasteiger partial charge in [-0.3, -0.25) is 0 Å². The minimum absolute atomic E-state index is 0.626. The van der Waals surface area contributed by atoms with Crippen molar-refractivity contribution in [3.63, 3.8) is 0 Å². The van der Waals surface area contributed by atoms with E-state index in [9.17, 15) is 0 Å². The van der Waals surface area contributed by atoms with E-state index < -0.39 is 0 Å². The summed E-state index contributed by atoms with van der Waals surface area (Å²) in [5.41, 5.74) is 8.23. The third kappa shape index (κ3) is 2.52. The molecule has 3 rings (SSSR count). The van der Waals surface area contributed by atoms with Gasteiger partial charge in [-0.1, -0.05) is 12.1 Å². The van der Waals surface area contributed by atoms with Gasteiger partial charge in [0.25, 0.3) is 0 Å². The Labute approximate surface area is 109 Å². The van der Waals surface area contributed by atoms with Crippen LogP contribution >= 0.6 is 0 Å². The molecule has 2 aliphatic rings. The topological polar surface area (TPSA) is 38.5 Å². The molecule has 0 unspecified atom stereocenters. The number of benzene rings is 1. The Morgan fingerprint density at radius 2 is 1.61 bits per heavy atom. The fourth-order valence-corrected chi connectivity index (χ4v) is 2.84. The van der Waals surface area contributed by atoms with Crippen molar-refractivity contribution in [3.8, 4) is 0 Å². The van der Waals surface area contributed by atoms with E-state index in [-0.39, 0.29) is 0 Å². The number of hydrogen-bond acceptors (Lipinski definition) is 3. The summed E-state index contributed by atoms with van der Waals surface area (Å²) in [5.74, 6) is 0. The van der Waals surface area contributed by atoms with Gasteiger partial charge in [0.2, 0.25) is 0 Å². The van der Waals surface area contributed by atoms with Crippen molar-refractivity contribution in [2.45, 2.75) is 44.3 Å². The summed E-state index contributed by atoms with van der Waals surface area (Å²) in [6.07, 6.45) is 5.01. The highest BCUT2D eigenvalue weighted by Gasteiger charge is 2.34. The van der Waals surface area contributed by atoms with Gasteiger partial charge in [0, 0.05) is 37.5 Å². The van der Waals surface area contributed by atoms with E-state index in [0.717, 1.165) is 32.1 Å². The third-order valence-electron chi connectivity index (χ3n) is 3.99. The maximum atomic E-state index is 5.66. The Morgan fingerprint density at radius 3 is 2.17 bits per heavy atom.